The van der Waals surface area contributed by atoms with E-state index in [0.29, 0.717) is 16.6 Å². The summed E-state index contributed by atoms with van der Waals surface area (Å²) in [6.07, 6.45) is 0.0349. The van der Waals surface area contributed by atoms with Gasteiger partial charge in [0.15, 0.2) is 0 Å². The molecule has 0 fully saturated rings. The number of hydrogen-bond donors (Lipinski definition) is 0. The lowest BCUT2D eigenvalue weighted by atomic mass is 9.97. The molecule has 0 saturated heterocycles. The SMILES string of the molecule is [2H]C([2H])([2H])N1C(=O)c2cccc(OC(F)F)c2[C@H]2C[C@@H]1c1nc3ccc(-c4cc(F)c(C(C)P(C)(C)=O)c(F)c4)cc3n12. The number of amides is 1. The molecular formula is C29H26F4N3O3P. The zero-order chi connectivity index (χ0) is 31.2. The minimum Gasteiger partial charge on any atom is -0.434 e. The molecule has 3 aromatic carbocycles. The summed E-state index contributed by atoms with van der Waals surface area (Å²) >= 11 is 0. The van der Waals surface area contributed by atoms with E-state index >= 15 is 8.78 Å². The van der Waals surface area contributed by atoms with Crippen molar-refractivity contribution in [1.29, 1.82) is 0 Å². The Bertz CT molecular complexity index is 1830. The zero-order valence-corrected chi connectivity index (χ0v) is 22.6. The number of fused-ring (bicyclic) bond motifs is 9. The van der Waals surface area contributed by atoms with Gasteiger partial charge in [-0.05, 0) is 60.9 Å². The molecule has 208 valence electrons. The topological polar surface area (TPSA) is 64.4 Å². The average molecular weight is 575 g/mol. The van der Waals surface area contributed by atoms with Crippen molar-refractivity contribution in [2.24, 2.45) is 0 Å². The van der Waals surface area contributed by atoms with Crippen LogP contribution in [-0.4, -0.2) is 47.3 Å². The maximum atomic E-state index is 15.2. The minimum absolute atomic E-state index is 0.0349. The highest BCUT2D eigenvalue weighted by Crippen LogP contribution is 2.54. The molecule has 2 aliphatic heterocycles. The lowest BCUT2D eigenvalue weighted by molar-refractivity contribution is -0.0507. The normalized spacial score (nSPS) is 20.6. The van der Waals surface area contributed by atoms with Gasteiger partial charge in [-0.25, -0.2) is 13.8 Å². The first kappa shape index (κ1) is 23.1. The predicted octanol–water partition coefficient (Wildman–Crippen LogP) is 7.39. The number of rotatable bonds is 5. The van der Waals surface area contributed by atoms with Crippen molar-refractivity contribution in [3.63, 3.8) is 0 Å². The van der Waals surface area contributed by atoms with Gasteiger partial charge in [-0.1, -0.05) is 19.1 Å². The van der Waals surface area contributed by atoms with Gasteiger partial charge in [0, 0.05) is 39.9 Å². The van der Waals surface area contributed by atoms with Crippen LogP contribution in [0.1, 0.15) is 62.5 Å². The molecule has 2 aliphatic rings. The molecule has 3 atom stereocenters. The molecule has 1 unspecified atom stereocenters. The van der Waals surface area contributed by atoms with Crippen molar-refractivity contribution >= 4 is 24.1 Å². The van der Waals surface area contributed by atoms with E-state index < -0.39 is 56.0 Å². The van der Waals surface area contributed by atoms with Crippen molar-refractivity contribution < 1.29 is 35.8 Å². The third-order valence-corrected chi connectivity index (χ3v) is 10.0. The van der Waals surface area contributed by atoms with E-state index in [9.17, 15) is 18.1 Å². The first-order valence-electron chi connectivity index (χ1n) is 14.0. The van der Waals surface area contributed by atoms with Crippen LogP contribution in [-0.2, 0) is 4.57 Å². The third-order valence-electron chi connectivity index (χ3n) is 7.91. The highest BCUT2D eigenvalue weighted by atomic mass is 31.2. The van der Waals surface area contributed by atoms with Gasteiger partial charge in [0.1, 0.15) is 23.2 Å². The van der Waals surface area contributed by atoms with Crippen LogP contribution < -0.4 is 4.74 Å². The minimum atomic E-state index is -3.20. The Morgan fingerprint density at radius 1 is 1.07 bits per heavy atom. The van der Waals surface area contributed by atoms with Crippen molar-refractivity contribution in [2.75, 3.05) is 20.3 Å². The molecule has 0 spiro atoms. The van der Waals surface area contributed by atoms with Gasteiger partial charge >= 0.3 is 6.61 Å². The second-order valence-corrected chi connectivity index (χ2v) is 14.2. The maximum Gasteiger partial charge on any atom is 0.387 e. The maximum absolute atomic E-state index is 15.2. The number of imidazole rings is 1. The van der Waals surface area contributed by atoms with Crippen molar-refractivity contribution in [2.45, 2.75) is 37.7 Å². The molecule has 1 aromatic heterocycles. The summed E-state index contributed by atoms with van der Waals surface area (Å²) in [5.41, 5.74) is 0.392. The van der Waals surface area contributed by atoms with Crippen LogP contribution in [0.3, 0.4) is 0 Å². The molecular weight excluding hydrogens is 545 g/mol. The first-order valence-corrected chi connectivity index (χ1v) is 15.2. The van der Waals surface area contributed by atoms with Crippen molar-refractivity contribution in [1.82, 2.24) is 14.5 Å². The number of halogens is 4. The van der Waals surface area contributed by atoms with Crippen LogP contribution >= 0.6 is 7.14 Å². The second-order valence-electron chi connectivity index (χ2n) is 10.5. The van der Waals surface area contributed by atoms with Gasteiger partial charge in [-0.15, -0.1) is 0 Å². The Kier molecular flexibility index (Phi) is 5.31. The molecule has 0 aliphatic carbocycles. The summed E-state index contributed by atoms with van der Waals surface area (Å²) < 4.78 is 101. The molecule has 2 bridgehead atoms. The lowest BCUT2D eigenvalue weighted by Gasteiger charge is -2.24. The molecule has 11 heteroatoms. The van der Waals surface area contributed by atoms with Gasteiger partial charge in [0.25, 0.3) is 5.91 Å². The number of hydrogen-bond acceptors (Lipinski definition) is 4. The van der Waals surface area contributed by atoms with Crippen LogP contribution in [0, 0.1) is 11.6 Å². The smallest absolute Gasteiger partial charge is 0.387 e. The van der Waals surface area contributed by atoms with Gasteiger partial charge in [-0.3, -0.25) is 4.79 Å². The van der Waals surface area contributed by atoms with Crippen LogP contribution in [0.2, 0.25) is 0 Å². The number of aromatic nitrogens is 2. The Morgan fingerprint density at radius 2 is 1.80 bits per heavy atom. The number of benzene rings is 3. The molecule has 40 heavy (non-hydrogen) atoms. The van der Waals surface area contributed by atoms with E-state index in [0.717, 1.165) is 17.0 Å². The number of nitrogens with zero attached hydrogens (tertiary/aromatic N) is 3. The molecule has 0 saturated carbocycles. The number of alkyl halides is 2. The van der Waals surface area contributed by atoms with Crippen molar-refractivity contribution in [3.8, 4) is 16.9 Å². The van der Waals surface area contributed by atoms with Crippen LogP contribution in [0.5, 0.6) is 5.75 Å². The van der Waals surface area contributed by atoms with Crippen LogP contribution in [0.4, 0.5) is 17.6 Å². The highest BCUT2D eigenvalue weighted by Gasteiger charge is 2.45. The second kappa shape index (κ2) is 9.20. The van der Waals surface area contributed by atoms with Gasteiger partial charge in [0.05, 0.1) is 30.3 Å². The largest absolute Gasteiger partial charge is 0.434 e. The summed E-state index contributed by atoms with van der Waals surface area (Å²) in [6.45, 7) is -1.62. The Morgan fingerprint density at radius 3 is 2.45 bits per heavy atom. The summed E-state index contributed by atoms with van der Waals surface area (Å²) in [4.78, 5) is 18.9. The number of carbonyl (C=O) groups excluding carboxylic acids is 1. The van der Waals surface area contributed by atoms with Crippen LogP contribution in [0.15, 0.2) is 48.5 Å². The fourth-order valence-corrected chi connectivity index (χ4v) is 6.62. The summed E-state index contributed by atoms with van der Waals surface area (Å²) in [5, 5.41) is 0. The van der Waals surface area contributed by atoms with Gasteiger partial charge in [-0.2, -0.15) is 8.78 Å². The molecule has 0 N–H and O–H groups in total. The summed E-state index contributed by atoms with van der Waals surface area (Å²) in [6, 6.07) is 9.35. The van der Waals surface area contributed by atoms with E-state index in [1.54, 1.807) is 22.8 Å². The standard InChI is InChI=1S/C29H26F4N3O3P/c1-14(40(3,4)38)25-18(30)10-16(11-19(25)31)15-8-9-20-21(12-15)36-22-13-23(27(36)34-20)35(2)28(37)17-6-5-7-24(26(17)22)39-29(32)33/h5-12,14,22-23,29H,13H2,1-4H3/t14?,22-,23-/m1/s1/i2D3. The van der Waals surface area contributed by atoms with E-state index in [-0.39, 0.29) is 40.2 Å². The molecule has 6 rings (SSSR count). The van der Waals surface area contributed by atoms with E-state index in [1.165, 1.54) is 38.5 Å². The van der Waals surface area contributed by atoms with Gasteiger partial charge < -0.3 is 18.8 Å². The molecule has 3 heterocycles. The third kappa shape index (κ3) is 4.03. The molecule has 1 amide bonds. The van der Waals surface area contributed by atoms with E-state index in [4.69, 9.17) is 8.85 Å². The zero-order valence-electron chi connectivity index (χ0n) is 24.7. The molecule has 4 aromatic rings. The Hall–Kier alpha value is -3.65. The lowest BCUT2D eigenvalue weighted by Crippen LogP contribution is -2.30. The number of carbonyl (C=O) groups is 1. The Balaban J connectivity index is 1.56. The van der Waals surface area contributed by atoms with Crippen molar-refractivity contribution in [3.05, 3.63) is 82.7 Å². The summed E-state index contributed by atoms with van der Waals surface area (Å²) in [7, 11) is -2.85. The quantitative estimate of drug-likeness (QED) is 0.184. The fourth-order valence-electron chi connectivity index (χ4n) is 5.75. The fraction of sp³-hybridized carbons (Fsp3) is 0.310. The van der Waals surface area contributed by atoms with Crippen LogP contribution in [0.25, 0.3) is 22.2 Å². The number of ether oxygens (including phenoxy) is 1. The molecule has 6 nitrogen and oxygen atoms in total. The highest BCUT2D eigenvalue weighted by molar-refractivity contribution is 7.62. The van der Waals surface area contributed by atoms with Gasteiger partial charge in [0.2, 0.25) is 0 Å². The van der Waals surface area contributed by atoms with E-state index in [2.05, 4.69) is 4.98 Å². The predicted molar refractivity (Wildman–Crippen MR) is 144 cm³/mol. The Labute approximate surface area is 232 Å². The molecule has 0 radical (unpaired) electrons. The first-order chi connectivity index (χ1) is 20.1. The summed E-state index contributed by atoms with van der Waals surface area (Å²) in [5.74, 6) is -2.56. The van der Waals surface area contributed by atoms with E-state index in [1.807, 2.05) is 0 Å². The monoisotopic (exact) mass is 574 g/mol. The average Bonchev–Trinajstić information content (AvgIpc) is 3.39.